The topological polar surface area (TPSA) is 48.1 Å². The number of hydrogen-bond donors (Lipinski definition) is 1. The normalized spacial score (nSPS) is 12.2. The second-order valence-corrected chi connectivity index (χ2v) is 4.15. The Morgan fingerprint density at radius 3 is 2.74 bits per heavy atom. The molecule has 0 saturated carbocycles. The molecule has 0 spiro atoms. The minimum Gasteiger partial charge on any atom is -0.495 e. The quantitative estimate of drug-likeness (QED) is 0.923. The molecule has 2 N–H and O–H groups in total. The van der Waals surface area contributed by atoms with Crippen LogP contribution >= 0.6 is 0 Å². The van der Waals surface area contributed by atoms with Crippen molar-refractivity contribution in [1.29, 1.82) is 0 Å². The zero-order chi connectivity index (χ0) is 13.8. The number of methoxy groups -OCH3 is 1. The second-order valence-electron chi connectivity index (χ2n) is 4.15. The van der Waals surface area contributed by atoms with Crippen LogP contribution in [0.25, 0.3) is 0 Å². The summed E-state index contributed by atoms with van der Waals surface area (Å²) in [4.78, 5) is 4.17. The monoisotopic (exact) mass is 264 g/mol. The maximum absolute atomic E-state index is 13.1. The van der Waals surface area contributed by atoms with Crippen LogP contribution in [0.4, 0.5) is 8.78 Å². The first-order chi connectivity index (χ1) is 9.11. The third-order valence-corrected chi connectivity index (χ3v) is 2.81. The van der Waals surface area contributed by atoms with E-state index >= 15 is 0 Å². The first-order valence-corrected chi connectivity index (χ1v) is 5.80. The molecule has 1 unspecified atom stereocenters. The third-order valence-electron chi connectivity index (χ3n) is 2.81. The summed E-state index contributed by atoms with van der Waals surface area (Å²) >= 11 is 0. The molecule has 5 heteroatoms. The molecule has 1 aromatic heterocycles. The Bertz CT molecular complexity index is 575. The molecule has 1 atom stereocenters. The Morgan fingerprint density at radius 2 is 2.05 bits per heavy atom. The lowest BCUT2D eigenvalue weighted by Gasteiger charge is -2.14. The van der Waals surface area contributed by atoms with E-state index in [4.69, 9.17) is 10.5 Å². The number of halogens is 2. The van der Waals surface area contributed by atoms with Gasteiger partial charge in [-0.05, 0) is 36.2 Å². The minimum atomic E-state index is -0.877. The van der Waals surface area contributed by atoms with Crippen LogP contribution in [0.2, 0.25) is 0 Å². The molecule has 0 aliphatic carbocycles. The van der Waals surface area contributed by atoms with E-state index in [-0.39, 0.29) is 0 Å². The number of pyridine rings is 1. The minimum absolute atomic E-state index is 0.352. The number of aromatic nitrogens is 1. The zero-order valence-electron chi connectivity index (χ0n) is 10.4. The van der Waals surface area contributed by atoms with E-state index in [2.05, 4.69) is 4.98 Å². The van der Waals surface area contributed by atoms with Crippen molar-refractivity contribution in [2.24, 2.45) is 5.73 Å². The maximum atomic E-state index is 13.1. The average Bonchev–Trinajstić information content (AvgIpc) is 2.43. The van der Waals surface area contributed by atoms with Gasteiger partial charge >= 0.3 is 0 Å². The van der Waals surface area contributed by atoms with Gasteiger partial charge in [0.2, 0.25) is 0 Å². The van der Waals surface area contributed by atoms with Gasteiger partial charge in [-0.2, -0.15) is 0 Å². The molecule has 0 saturated heterocycles. The molecule has 19 heavy (non-hydrogen) atoms. The van der Waals surface area contributed by atoms with Crippen molar-refractivity contribution >= 4 is 0 Å². The molecular formula is C14H14F2N2O. The van der Waals surface area contributed by atoms with Gasteiger partial charge in [0.1, 0.15) is 5.75 Å². The molecule has 2 aromatic rings. The van der Waals surface area contributed by atoms with Gasteiger partial charge in [-0.25, -0.2) is 8.78 Å². The molecule has 0 fully saturated rings. The summed E-state index contributed by atoms with van der Waals surface area (Å²) in [5.74, 6) is -1.16. The molecule has 1 aromatic carbocycles. The summed E-state index contributed by atoms with van der Waals surface area (Å²) in [7, 11) is 1.53. The Kier molecular flexibility index (Phi) is 4.06. The maximum Gasteiger partial charge on any atom is 0.159 e. The van der Waals surface area contributed by atoms with Gasteiger partial charge in [0, 0.05) is 6.20 Å². The van der Waals surface area contributed by atoms with Crippen LogP contribution in [0.3, 0.4) is 0 Å². The number of nitrogens with two attached hydrogens (primary N) is 1. The first kappa shape index (κ1) is 13.4. The molecule has 1 heterocycles. The fourth-order valence-corrected chi connectivity index (χ4v) is 1.87. The molecule has 0 bridgehead atoms. The summed E-state index contributed by atoms with van der Waals surface area (Å²) in [5, 5.41) is 0. The molecule has 0 radical (unpaired) electrons. The zero-order valence-corrected chi connectivity index (χ0v) is 10.4. The van der Waals surface area contributed by atoms with Gasteiger partial charge in [-0.3, -0.25) is 4.98 Å². The molecule has 0 amide bonds. The van der Waals surface area contributed by atoms with Crippen molar-refractivity contribution in [3.8, 4) is 5.75 Å². The Labute approximate surface area is 110 Å². The van der Waals surface area contributed by atoms with Crippen molar-refractivity contribution in [3.63, 3.8) is 0 Å². The standard InChI is InChI=1S/C14H14F2N2O/c1-19-13-3-2-6-18-14(13)12(17)8-9-4-5-10(15)11(16)7-9/h2-7,12H,8,17H2,1H3. The van der Waals surface area contributed by atoms with E-state index in [1.54, 1.807) is 18.3 Å². The Balaban J connectivity index is 2.20. The van der Waals surface area contributed by atoms with Crippen LogP contribution in [0, 0.1) is 11.6 Å². The van der Waals surface area contributed by atoms with Gasteiger partial charge in [-0.15, -0.1) is 0 Å². The number of ether oxygens (including phenoxy) is 1. The van der Waals surface area contributed by atoms with Crippen molar-refractivity contribution < 1.29 is 13.5 Å². The van der Waals surface area contributed by atoms with Crippen LogP contribution < -0.4 is 10.5 Å². The first-order valence-electron chi connectivity index (χ1n) is 5.80. The van der Waals surface area contributed by atoms with Gasteiger partial charge in [0.15, 0.2) is 11.6 Å². The van der Waals surface area contributed by atoms with Crippen LogP contribution in [0.1, 0.15) is 17.3 Å². The molecule has 0 aliphatic heterocycles. The van der Waals surface area contributed by atoms with E-state index < -0.39 is 17.7 Å². The van der Waals surface area contributed by atoms with Crippen LogP contribution in [0.5, 0.6) is 5.75 Å². The highest BCUT2D eigenvalue weighted by atomic mass is 19.2. The van der Waals surface area contributed by atoms with Gasteiger partial charge in [0.05, 0.1) is 18.8 Å². The van der Waals surface area contributed by atoms with E-state index in [1.165, 1.54) is 13.2 Å². The highest BCUT2D eigenvalue weighted by molar-refractivity contribution is 5.31. The summed E-state index contributed by atoms with van der Waals surface area (Å²) in [6, 6.07) is 6.80. The fourth-order valence-electron chi connectivity index (χ4n) is 1.87. The van der Waals surface area contributed by atoms with Crippen molar-refractivity contribution in [2.75, 3.05) is 7.11 Å². The molecule has 100 valence electrons. The summed E-state index contributed by atoms with van der Waals surface area (Å²) in [6.45, 7) is 0. The number of rotatable bonds is 4. The van der Waals surface area contributed by atoms with E-state index in [1.807, 2.05) is 0 Å². The van der Waals surface area contributed by atoms with Crippen molar-refractivity contribution in [3.05, 3.63) is 59.4 Å². The molecular weight excluding hydrogens is 250 g/mol. The lowest BCUT2D eigenvalue weighted by Crippen LogP contribution is -2.16. The van der Waals surface area contributed by atoms with Crippen molar-refractivity contribution in [1.82, 2.24) is 4.98 Å². The lowest BCUT2D eigenvalue weighted by atomic mass is 10.0. The number of benzene rings is 1. The van der Waals surface area contributed by atoms with Crippen LogP contribution in [-0.2, 0) is 6.42 Å². The Hall–Kier alpha value is -2.01. The largest absolute Gasteiger partial charge is 0.495 e. The predicted molar refractivity (Wildman–Crippen MR) is 67.8 cm³/mol. The fraction of sp³-hybridized carbons (Fsp3) is 0.214. The van der Waals surface area contributed by atoms with Gasteiger partial charge in [0.25, 0.3) is 0 Å². The highest BCUT2D eigenvalue weighted by Crippen LogP contribution is 2.23. The van der Waals surface area contributed by atoms with Crippen LogP contribution in [0.15, 0.2) is 36.5 Å². The summed E-state index contributed by atoms with van der Waals surface area (Å²) in [5.41, 5.74) is 7.24. The van der Waals surface area contributed by atoms with E-state index in [0.717, 1.165) is 12.1 Å². The van der Waals surface area contributed by atoms with E-state index in [0.29, 0.717) is 23.4 Å². The highest BCUT2D eigenvalue weighted by Gasteiger charge is 2.14. The molecule has 0 aliphatic rings. The number of nitrogens with zero attached hydrogens (tertiary/aromatic N) is 1. The van der Waals surface area contributed by atoms with E-state index in [9.17, 15) is 8.78 Å². The predicted octanol–water partition coefficient (Wildman–Crippen LogP) is 2.61. The van der Waals surface area contributed by atoms with Crippen LogP contribution in [-0.4, -0.2) is 12.1 Å². The number of hydrogen-bond acceptors (Lipinski definition) is 3. The lowest BCUT2D eigenvalue weighted by molar-refractivity contribution is 0.401. The smallest absolute Gasteiger partial charge is 0.159 e. The second kappa shape index (κ2) is 5.75. The average molecular weight is 264 g/mol. The third kappa shape index (κ3) is 3.06. The Morgan fingerprint density at radius 1 is 1.26 bits per heavy atom. The SMILES string of the molecule is COc1cccnc1C(N)Cc1ccc(F)c(F)c1. The summed E-state index contributed by atoms with van der Waals surface area (Å²) < 4.78 is 31.1. The van der Waals surface area contributed by atoms with Crippen molar-refractivity contribution in [2.45, 2.75) is 12.5 Å². The van der Waals surface area contributed by atoms with Gasteiger partial charge in [-0.1, -0.05) is 6.07 Å². The summed E-state index contributed by atoms with van der Waals surface area (Å²) in [6.07, 6.45) is 1.97. The molecule has 3 nitrogen and oxygen atoms in total. The molecule has 2 rings (SSSR count). The van der Waals surface area contributed by atoms with Gasteiger partial charge < -0.3 is 10.5 Å².